The van der Waals surface area contributed by atoms with Crippen molar-refractivity contribution in [2.45, 2.75) is 26.2 Å². The molecule has 2 saturated heterocycles. The van der Waals surface area contributed by atoms with Crippen LogP contribution in [0.2, 0.25) is 0 Å². The molecule has 31 heavy (non-hydrogen) atoms. The lowest BCUT2D eigenvalue weighted by molar-refractivity contribution is -0.139. The van der Waals surface area contributed by atoms with E-state index in [4.69, 9.17) is 9.47 Å². The van der Waals surface area contributed by atoms with Crippen LogP contribution >= 0.6 is 0 Å². The zero-order chi connectivity index (χ0) is 22.0. The fourth-order valence-electron chi connectivity index (χ4n) is 3.78. The second-order valence-electron chi connectivity index (χ2n) is 7.34. The van der Waals surface area contributed by atoms with Gasteiger partial charge in [-0.2, -0.15) is 0 Å². The summed E-state index contributed by atoms with van der Waals surface area (Å²) in [6.45, 7) is 2.54. The van der Waals surface area contributed by atoms with Crippen molar-refractivity contribution in [3.8, 4) is 11.5 Å². The Morgan fingerprint density at radius 2 is 1.65 bits per heavy atom. The van der Waals surface area contributed by atoms with Gasteiger partial charge in [0.1, 0.15) is 11.5 Å². The highest BCUT2D eigenvalue weighted by Gasteiger charge is 2.37. The number of rotatable bonds is 6. The van der Waals surface area contributed by atoms with Crippen LogP contribution in [0.1, 0.15) is 26.2 Å². The van der Waals surface area contributed by atoms with E-state index >= 15 is 0 Å². The van der Waals surface area contributed by atoms with E-state index in [2.05, 4.69) is 0 Å². The van der Waals surface area contributed by atoms with Crippen molar-refractivity contribution in [1.82, 2.24) is 0 Å². The number of esters is 1. The van der Waals surface area contributed by atoms with Crippen LogP contribution < -0.4 is 19.3 Å². The molecule has 2 aromatic rings. The molecular weight excluding hydrogens is 400 g/mol. The number of anilines is 2. The lowest BCUT2D eigenvalue weighted by atomic mass is 10.1. The SMILES string of the molecule is CCOc1ccccc1N1C[C@@H](C(=O)Oc2ccc(N3C(=O)CCC3=O)cc2)CC1=O. The first-order chi connectivity index (χ1) is 15.0. The minimum atomic E-state index is -0.608. The molecule has 0 N–H and O–H groups in total. The Morgan fingerprint density at radius 3 is 2.32 bits per heavy atom. The second kappa shape index (κ2) is 8.59. The van der Waals surface area contributed by atoms with Crippen LogP contribution in [0.4, 0.5) is 11.4 Å². The van der Waals surface area contributed by atoms with E-state index in [1.165, 1.54) is 12.1 Å². The molecule has 2 aliphatic heterocycles. The third-order valence-electron chi connectivity index (χ3n) is 5.28. The average molecular weight is 422 g/mol. The zero-order valence-electron chi connectivity index (χ0n) is 17.1. The number of benzene rings is 2. The molecule has 8 nitrogen and oxygen atoms in total. The lowest BCUT2D eigenvalue weighted by Crippen LogP contribution is -2.28. The molecule has 2 aromatic carbocycles. The number of imide groups is 1. The third kappa shape index (κ3) is 4.14. The molecule has 0 aromatic heterocycles. The topological polar surface area (TPSA) is 93.2 Å². The van der Waals surface area contributed by atoms with Gasteiger partial charge in [-0.15, -0.1) is 0 Å². The number of hydrogen-bond donors (Lipinski definition) is 0. The minimum Gasteiger partial charge on any atom is -0.492 e. The Hall–Kier alpha value is -3.68. The molecule has 0 unspecified atom stereocenters. The van der Waals surface area contributed by atoms with Gasteiger partial charge in [0.05, 0.1) is 23.9 Å². The van der Waals surface area contributed by atoms with Crippen molar-refractivity contribution in [1.29, 1.82) is 0 Å². The van der Waals surface area contributed by atoms with Crippen LogP contribution in [0.15, 0.2) is 48.5 Å². The summed E-state index contributed by atoms with van der Waals surface area (Å²) in [6.07, 6.45) is 0.455. The molecule has 1 atom stereocenters. The highest BCUT2D eigenvalue weighted by atomic mass is 16.5. The number of nitrogens with zero attached hydrogens (tertiary/aromatic N) is 2. The van der Waals surface area contributed by atoms with E-state index < -0.39 is 11.9 Å². The second-order valence-corrected chi connectivity index (χ2v) is 7.34. The van der Waals surface area contributed by atoms with Crippen LogP contribution in [0.3, 0.4) is 0 Å². The Morgan fingerprint density at radius 1 is 0.968 bits per heavy atom. The van der Waals surface area contributed by atoms with Gasteiger partial charge >= 0.3 is 5.97 Å². The molecule has 4 rings (SSSR count). The maximum Gasteiger partial charge on any atom is 0.316 e. The fraction of sp³-hybridized carbons (Fsp3) is 0.304. The predicted molar refractivity (Wildman–Crippen MR) is 112 cm³/mol. The van der Waals surface area contributed by atoms with Gasteiger partial charge in [-0.3, -0.25) is 24.1 Å². The summed E-state index contributed by atoms with van der Waals surface area (Å²) in [5.41, 5.74) is 1.08. The summed E-state index contributed by atoms with van der Waals surface area (Å²) in [5, 5.41) is 0. The highest BCUT2D eigenvalue weighted by Crippen LogP contribution is 2.33. The van der Waals surface area contributed by atoms with Gasteiger partial charge in [0.25, 0.3) is 0 Å². The summed E-state index contributed by atoms with van der Waals surface area (Å²) in [6, 6.07) is 13.4. The largest absolute Gasteiger partial charge is 0.492 e. The summed E-state index contributed by atoms with van der Waals surface area (Å²) in [4.78, 5) is 51.5. The zero-order valence-corrected chi connectivity index (χ0v) is 17.1. The molecule has 160 valence electrons. The van der Waals surface area contributed by atoms with E-state index in [0.29, 0.717) is 23.7 Å². The first-order valence-corrected chi connectivity index (χ1v) is 10.2. The van der Waals surface area contributed by atoms with E-state index in [1.807, 2.05) is 19.1 Å². The fourth-order valence-corrected chi connectivity index (χ4v) is 3.78. The summed E-state index contributed by atoms with van der Waals surface area (Å²) in [7, 11) is 0. The van der Waals surface area contributed by atoms with Gasteiger partial charge in [-0.1, -0.05) is 12.1 Å². The Bertz CT molecular complexity index is 1020. The number of hydrogen-bond acceptors (Lipinski definition) is 6. The third-order valence-corrected chi connectivity index (χ3v) is 5.28. The van der Waals surface area contributed by atoms with Gasteiger partial charge < -0.3 is 14.4 Å². The smallest absolute Gasteiger partial charge is 0.316 e. The lowest BCUT2D eigenvalue weighted by Gasteiger charge is -2.20. The normalized spacial score (nSPS) is 18.6. The first-order valence-electron chi connectivity index (χ1n) is 10.2. The van der Waals surface area contributed by atoms with Crippen molar-refractivity contribution >= 4 is 35.1 Å². The van der Waals surface area contributed by atoms with Crippen molar-refractivity contribution in [2.24, 2.45) is 5.92 Å². The van der Waals surface area contributed by atoms with E-state index in [-0.39, 0.29) is 49.3 Å². The summed E-state index contributed by atoms with van der Waals surface area (Å²) >= 11 is 0. The van der Waals surface area contributed by atoms with Gasteiger partial charge in [-0.05, 0) is 43.3 Å². The van der Waals surface area contributed by atoms with Crippen LogP contribution in [0, 0.1) is 5.92 Å². The minimum absolute atomic E-state index is 0.0498. The number of carbonyl (C=O) groups excluding carboxylic acids is 4. The van der Waals surface area contributed by atoms with Crippen LogP contribution in [0.5, 0.6) is 11.5 Å². The van der Waals surface area contributed by atoms with Gasteiger partial charge in [0.15, 0.2) is 0 Å². The number of amides is 3. The average Bonchev–Trinajstić information content (AvgIpc) is 3.31. The molecule has 0 spiro atoms. The number of ether oxygens (including phenoxy) is 2. The van der Waals surface area contributed by atoms with E-state index in [0.717, 1.165) is 4.90 Å². The van der Waals surface area contributed by atoms with E-state index in [1.54, 1.807) is 29.2 Å². The summed E-state index contributed by atoms with van der Waals surface area (Å²) < 4.78 is 11.0. The molecule has 0 aliphatic carbocycles. The van der Waals surface area contributed by atoms with Crippen molar-refractivity contribution in [3.05, 3.63) is 48.5 Å². The molecule has 0 saturated carbocycles. The molecule has 2 aliphatic rings. The standard InChI is InChI=1S/C23H22N2O6/c1-2-30-19-6-4-3-5-18(19)24-14-15(13-22(24)28)23(29)31-17-9-7-16(8-10-17)25-20(26)11-12-21(25)27/h3-10,15H,2,11-14H2,1H3/t15-/m0/s1. The maximum absolute atomic E-state index is 12.6. The first kappa shape index (κ1) is 20.6. The van der Waals surface area contributed by atoms with E-state index in [9.17, 15) is 19.2 Å². The van der Waals surface area contributed by atoms with Crippen molar-refractivity contribution < 1.29 is 28.7 Å². The van der Waals surface area contributed by atoms with Gasteiger partial charge in [-0.25, -0.2) is 0 Å². The van der Waals surface area contributed by atoms with Gasteiger partial charge in [0, 0.05) is 25.8 Å². The molecule has 8 heteroatoms. The molecule has 3 amide bonds. The highest BCUT2D eigenvalue weighted by molar-refractivity contribution is 6.19. The Kier molecular flexibility index (Phi) is 5.70. The summed E-state index contributed by atoms with van der Waals surface area (Å²) in [5.74, 6) is -0.898. The van der Waals surface area contributed by atoms with Crippen LogP contribution in [-0.2, 0) is 19.2 Å². The quantitative estimate of drug-likeness (QED) is 0.404. The predicted octanol–water partition coefficient (Wildman–Crippen LogP) is 2.70. The number of para-hydroxylation sites is 2. The van der Waals surface area contributed by atoms with Crippen molar-refractivity contribution in [2.75, 3.05) is 23.0 Å². The van der Waals surface area contributed by atoms with Crippen molar-refractivity contribution in [3.63, 3.8) is 0 Å². The molecule has 0 radical (unpaired) electrons. The maximum atomic E-state index is 12.6. The molecule has 2 heterocycles. The van der Waals surface area contributed by atoms with Crippen LogP contribution in [0.25, 0.3) is 0 Å². The molecular formula is C23H22N2O6. The number of carbonyl (C=O) groups is 4. The molecule has 0 bridgehead atoms. The monoisotopic (exact) mass is 422 g/mol. The Labute approximate surface area is 179 Å². The molecule has 2 fully saturated rings. The van der Waals surface area contributed by atoms with Gasteiger partial charge in [0.2, 0.25) is 17.7 Å². The van der Waals surface area contributed by atoms with Crippen LogP contribution in [-0.4, -0.2) is 36.8 Å². The Balaban J connectivity index is 1.42.